The highest BCUT2D eigenvalue weighted by atomic mass is 32.2. The van der Waals surface area contributed by atoms with Crippen molar-refractivity contribution >= 4 is 10.0 Å². The van der Waals surface area contributed by atoms with Crippen molar-refractivity contribution in [2.45, 2.75) is 31.7 Å². The monoisotopic (exact) mass is 258 g/mol. The van der Waals surface area contributed by atoms with E-state index < -0.39 is 10.0 Å². The van der Waals surface area contributed by atoms with Crippen molar-refractivity contribution in [1.82, 2.24) is 9.62 Å². The predicted octanol–water partition coefficient (Wildman–Crippen LogP) is 0.966. The van der Waals surface area contributed by atoms with Gasteiger partial charge in [0.2, 0.25) is 10.0 Å². The van der Waals surface area contributed by atoms with E-state index in [0.29, 0.717) is 19.1 Å². The van der Waals surface area contributed by atoms with Gasteiger partial charge in [0, 0.05) is 19.1 Å². The first-order chi connectivity index (χ1) is 8.12. The molecule has 0 amide bonds. The molecule has 1 heterocycles. The van der Waals surface area contributed by atoms with Crippen LogP contribution in [0.25, 0.3) is 0 Å². The summed E-state index contributed by atoms with van der Waals surface area (Å²) >= 11 is 0. The van der Waals surface area contributed by atoms with Gasteiger partial charge in [-0.2, -0.15) is 0 Å². The fraction of sp³-hybridized carbons (Fsp3) is 0.833. The van der Waals surface area contributed by atoms with Gasteiger partial charge < -0.3 is 5.32 Å². The Kier molecular flexibility index (Phi) is 4.22. The van der Waals surface area contributed by atoms with Crippen LogP contribution >= 0.6 is 0 Å². The van der Waals surface area contributed by atoms with Crippen molar-refractivity contribution in [2.75, 3.05) is 25.4 Å². The third kappa shape index (κ3) is 3.79. The Morgan fingerprint density at radius 3 is 2.41 bits per heavy atom. The Labute approximate surface area is 104 Å². The lowest BCUT2D eigenvalue weighted by molar-refractivity contribution is 0.288. The minimum absolute atomic E-state index is 0.0627. The second-order valence-electron chi connectivity index (χ2n) is 5.09. The van der Waals surface area contributed by atoms with Crippen molar-refractivity contribution in [3.63, 3.8) is 0 Å². The van der Waals surface area contributed by atoms with Crippen LogP contribution in [-0.4, -0.2) is 44.2 Å². The molecule has 0 aromatic rings. The van der Waals surface area contributed by atoms with E-state index in [0.717, 1.165) is 25.3 Å². The molecular formula is C12H22N2O2S. The molecule has 0 radical (unpaired) electrons. The van der Waals surface area contributed by atoms with Gasteiger partial charge in [-0.3, -0.25) is 0 Å². The first-order valence-corrected chi connectivity index (χ1v) is 8.05. The second kappa shape index (κ2) is 5.50. The molecule has 0 atom stereocenters. The maximum atomic E-state index is 11.8. The second-order valence-corrected chi connectivity index (χ2v) is 7.11. The molecule has 5 heteroatoms. The van der Waals surface area contributed by atoms with Gasteiger partial charge in [0.05, 0.1) is 5.75 Å². The number of sulfonamides is 1. The molecule has 2 fully saturated rings. The summed E-state index contributed by atoms with van der Waals surface area (Å²) in [6, 6.07) is 0.505. The molecule has 4 nitrogen and oxygen atoms in total. The van der Waals surface area contributed by atoms with E-state index >= 15 is 0 Å². The van der Waals surface area contributed by atoms with Crippen molar-refractivity contribution in [3.05, 3.63) is 12.7 Å². The van der Waals surface area contributed by atoms with Crippen LogP contribution in [0.2, 0.25) is 0 Å². The van der Waals surface area contributed by atoms with E-state index in [1.807, 2.05) is 0 Å². The quantitative estimate of drug-likeness (QED) is 0.722. The van der Waals surface area contributed by atoms with E-state index in [-0.39, 0.29) is 5.75 Å². The largest absolute Gasteiger partial charge is 0.314 e. The molecule has 17 heavy (non-hydrogen) atoms. The number of piperidine rings is 1. The topological polar surface area (TPSA) is 49.4 Å². The summed E-state index contributed by atoms with van der Waals surface area (Å²) in [6.45, 7) is 5.91. The van der Waals surface area contributed by atoms with Gasteiger partial charge in [-0.25, -0.2) is 12.7 Å². The molecule has 0 aromatic carbocycles. The van der Waals surface area contributed by atoms with Crippen LogP contribution in [-0.2, 0) is 10.0 Å². The Balaban J connectivity index is 1.74. The van der Waals surface area contributed by atoms with Crippen LogP contribution in [0.3, 0.4) is 0 Å². The minimum Gasteiger partial charge on any atom is -0.314 e. The molecule has 0 aromatic heterocycles. The zero-order chi connectivity index (χ0) is 12.3. The van der Waals surface area contributed by atoms with E-state index in [2.05, 4.69) is 11.9 Å². The summed E-state index contributed by atoms with van der Waals surface area (Å²) in [5, 5.41) is 3.55. The molecule has 1 N–H and O–H groups in total. The van der Waals surface area contributed by atoms with Crippen LogP contribution in [0.4, 0.5) is 0 Å². The number of hydrogen-bond donors (Lipinski definition) is 1. The lowest BCUT2D eigenvalue weighted by Crippen LogP contribution is -2.45. The smallest absolute Gasteiger partial charge is 0.217 e. The van der Waals surface area contributed by atoms with Gasteiger partial charge in [0.1, 0.15) is 0 Å². The number of nitrogens with zero attached hydrogens (tertiary/aromatic N) is 1. The van der Waals surface area contributed by atoms with Gasteiger partial charge in [0.25, 0.3) is 0 Å². The summed E-state index contributed by atoms with van der Waals surface area (Å²) in [7, 11) is -3.09. The third-order valence-corrected chi connectivity index (χ3v) is 5.38. The van der Waals surface area contributed by atoms with E-state index in [1.54, 1.807) is 4.31 Å². The molecule has 0 spiro atoms. The molecule has 0 bridgehead atoms. The third-order valence-electron chi connectivity index (χ3n) is 3.57. The normalized spacial score (nSPS) is 23.8. The number of rotatable bonds is 6. The van der Waals surface area contributed by atoms with Crippen molar-refractivity contribution in [1.29, 1.82) is 0 Å². The predicted molar refractivity (Wildman–Crippen MR) is 69.3 cm³/mol. The summed E-state index contributed by atoms with van der Waals surface area (Å²) in [5.74, 6) is 0.949. The molecule has 2 rings (SSSR count). The Morgan fingerprint density at radius 2 is 1.88 bits per heavy atom. The van der Waals surface area contributed by atoms with Gasteiger partial charge in [0.15, 0.2) is 0 Å². The van der Waals surface area contributed by atoms with Gasteiger partial charge >= 0.3 is 0 Å². The molecule has 1 aliphatic heterocycles. The summed E-state index contributed by atoms with van der Waals surface area (Å²) in [5.41, 5.74) is 0. The zero-order valence-corrected chi connectivity index (χ0v) is 11.1. The van der Waals surface area contributed by atoms with E-state index in [9.17, 15) is 8.42 Å². The highest BCUT2D eigenvalue weighted by Gasteiger charge is 2.28. The van der Waals surface area contributed by atoms with Gasteiger partial charge in [-0.1, -0.05) is 6.08 Å². The molecule has 98 valence electrons. The Morgan fingerprint density at radius 1 is 1.24 bits per heavy atom. The lowest BCUT2D eigenvalue weighted by atomic mass is 10.1. The van der Waals surface area contributed by atoms with Crippen LogP contribution in [0, 0.1) is 5.92 Å². The van der Waals surface area contributed by atoms with Gasteiger partial charge in [-0.05, 0) is 38.1 Å². The van der Waals surface area contributed by atoms with Crippen molar-refractivity contribution < 1.29 is 8.42 Å². The van der Waals surface area contributed by atoms with Crippen LogP contribution in [0.5, 0.6) is 0 Å². The Hall–Kier alpha value is -0.390. The fourth-order valence-electron chi connectivity index (χ4n) is 2.25. The van der Waals surface area contributed by atoms with E-state index in [4.69, 9.17) is 0 Å². The van der Waals surface area contributed by atoms with Crippen LogP contribution < -0.4 is 5.32 Å². The summed E-state index contributed by atoms with van der Waals surface area (Å²) < 4.78 is 25.2. The Bertz CT molecular complexity index is 355. The van der Waals surface area contributed by atoms with E-state index in [1.165, 1.54) is 18.9 Å². The highest BCUT2D eigenvalue weighted by molar-refractivity contribution is 7.89. The molecule has 1 aliphatic carbocycles. The zero-order valence-electron chi connectivity index (χ0n) is 10.3. The first-order valence-electron chi connectivity index (χ1n) is 6.44. The molecule has 1 saturated heterocycles. The average Bonchev–Trinajstić information content (AvgIpc) is 3.11. The maximum absolute atomic E-state index is 11.8. The average molecular weight is 258 g/mol. The molecule has 1 saturated carbocycles. The fourth-order valence-corrected chi connectivity index (χ4v) is 3.52. The molecule has 2 aliphatic rings. The minimum atomic E-state index is -3.09. The number of hydrogen-bond acceptors (Lipinski definition) is 3. The van der Waals surface area contributed by atoms with Crippen molar-refractivity contribution in [2.24, 2.45) is 5.92 Å². The molecule has 0 unspecified atom stereocenters. The van der Waals surface area contributed by atoms with Gasteiger partial charge in [-0.15, -0.1) is 6.58 Å². The summed E-state index contributed by atoms with van der Waals surface area (Å²) in [4.78, 5) is 0. The first kappa shape index (κ1) is 13.1. The summed E-state index contributed by atoms with van der Waals surface area (Å²) in [6.07, 6.45) is 6.05. The SMILES string of the molecule is C=CCS(=O)(=O)N1CCC(NCC2CC2)CC1. The maximum Gasteiger partial charge on any atom is 0.217 e. The molecular weight excluding hydrogens is 236 g/mol. The van der Waals surface area contributed by atoms with Crippen LogP contribution in [0.15, 0.2) is 12.7 Å². The van der Waals surface area contributed by atoms with Crippen molar-refractivity contribution in [3.8, 4) is 0 Å². The number of nitrogens with one attached hydrogen (secondary N) is 1. The lowest BCUT2D eigenvalue weighted by Gasteiger charge is -2.31. The highest BCUT2D eigenvalue weighted by Crippen LogP contribution is 2.28. The standard InChI is InChI=1S/C12H22N2O2S/c1-2-9-17(15,16)14-7-5-12(6-8-14)13-10-11-3-4-11/h2,11-13H,1,3-10H2. The van der Waals surface area contributed by atoms with Crippen LogP contribution in [0.1, 0.15) is 25.7 Å².